The first-order valence-electron chi connectivity index (χ1n) is 12.1. The van der Waals surface area contributed by atoms with E-state index >= 15 is 0 Å². The number of carbonyl (C=O) groups excluding carboxylic acids is 2. The van der Waals surface area contributed by atoms with Gasteiger partial charge in [0.15, 0.2) is 0 Å². The summed E-state index contributed by atoms with van der Waals surface area (Å²) in [6, 6.07) is 16.4. The Balaban J connectivity index is 1.17. The predicted octanol–water partition coefficient (Wildman–Crippen LogP) is 4.30. The minimum atomic E-state index is -0.838. The molecule has 2 N–H and O–H groups in total. The Morgan fingerprint density at radius 3 is 2.29 bits per heavy atom. The van der Waals surface area contributed by atoms with Crippen LogP contribution in [0.25, 0.3) is 11.1 Å². The number of alkyl carbamates (subject to hydrolysis) is 1. The van der Waals surface area contributed by atoms with Crippen LogP contribution in [0.15, 0.2) is 48.5 Å². The molecule has 2 aromatic rings. The first kappa shape index (κ1) is 22.4. The van der Waals surface area contributed by atoms with Crippen molar-refractivity contribution in [2.24, 2.45) is 0 Å². The van der Waals surface area contributed by atoms with Crippen molar-refractivity contribution in [2.45, 2.75) is 62.4 Å². The fraction of sp³-hybridized carbons (Fsp3) is 0.444. The summed E-state index contributed by atoms with van der Waals surface area (Å²) in [6.07, 6.45) is 3.52. The molecular weight excluding hydrogens is 432 g/mol. The summed E-state index contributed by atoms with van der Waals surface area (Å²) >= 11 is 0. The number of carbonyl (C=O) groups is 3. The number of ether oxygens (including phenoxy) is 1. The van der Waals surface area contributed by atoms with Crippen LogP contribution in [0.4, 0.5) is 4.79 Å². The van der Waals surface area contributed by atoms with Crippen molar-refractivity contribution in [1.82, 2.24) is 10.2 Å². The molecule has 1 aliphatic heterocycles. The number of nitrogens with one attached hydrogen (secondary N) is 1. The normalized spacial score (nSPS) is 19.9. The van der Waals surface area contributed by atoms with Crippen molar-refractivity contribution in [3.8, 4) is 11.1 Å². The van der Waals surface area contributed by atoms with Crippen LogP contribution in [0.5, 0.6) is 0 Å². The zero-order valence-electron chi connectivity index (χ0n) is 19.2. The molecule has 178 valence electrons. The number of hydrogen-bond donors (Lipinski definition) is 2. The van der Waals surface area contributed by atoms with E-state index in [0.29, 0.717) is 13.0 Å². The van der Waals surface area contributed by atoms with Gasteiger partial charge in [-0.15, -0.1) is 0 Å². The van der Waals surface area contributed by atoms with Crippen molar-refractivity contribution in [1.29, 1.82) is 0 Å². The smallest absolute Gasteiger partial charge is 0.407 e. The molecule has 1 saturated heterocycles. The van der Waals surface area contributed by atoms with E-state index < -0.39 is 17.6 Å². The maximum absolute atomic E-state index is 13.0. The largest absolute Gasteiger partial charge is 0.481 e. The van der Waals surface area contributed by atoms with Crippen molar-refractivity contribution in [2.75, 3.05) is 13.2 Å². The molecule has 2 aliphatic carbocycles. The fourth-order valence-corrected chi connectivity index (χ4v) is 5.49. The first-order chi connectivity index (χ1) is 16.5. The van der Waals surface area contributed by atoms with Gasteiger partial charge in [0.05, 0.1) is 12.0 Å². The van der Waals surface area contributed by atoms with Gasteiger partial charge in [-0.2, -0.15) is 0 Å². The van der Waals surface area contributed by atoms with Crippen LogP contribution in [0.3, 0.4) is 0 Å². The topological polar surface area (TPSA) is 95.9 Å². The summed E-state index contributed by atoms with van der Waals surface area (Å²) in [5.41, 5.74) is 4.14. The average molecular weight is 463 g/mol. The lowest BCUT2D eigenvalue weighted by Crippen LogP contribution is -2.44. The van der Waals surface area contributed by atoms with Crippen molar-refractivity contribution in [3.63, 3.8) is 0 Å². The van der Waals surface area contributed by atoms with Gasteiger partial charge in [0.1, 0.15) is 6.61 Å². The minimum Gasteiger partial charge on any atom is -0.481 e. The zero-order chi connectivity index (χ0) is 23.7. The Kier molecular flexibility index (Phi) is 6.02. The maximum atomic E-state index is 13.0. The van der Waals surface area contributed by atoms with E-state index in [1.165, 1.54) is 11.1 Å². The lowest BCUT2D eigenvalue weighted by molar-refractivity contribution is -0.139. The fourth-order valence-electron chi connectivity index (χ4n) is 5.49. The molecule has 7 heteroatoms. The van der Waals surface area contributed by atoms with Crippen LogP contribution in [-0.4, -0.2) is 52.7 Å². The molecule has 2 amide bonds. The second-order valence-corrected chi connectivity index (χ2v) is 9.72. The molecular formula is C27H30N2O5. The van der Waals surface area contributed by atoms with Crippen LogP contribution < -0.4 is 5.32 Å². The van der Waals surface area contributed by atoms with Gasteiger partial charge in [-0.05, 0) is 54.4 Å². The summed E-state index contributed by atoms with van der Waals surface area (Å²) in [4.78, 5) is 38.4. The van der Waals surface area contributed by atoms with Gasteiger partial charge < -0.3 is 20.1 Å². The molecule has 1 heterocycles. The Morgan fingerprint density at radius 1 is 1.03 bits per heavy atom. The van der Waals surface area contributed by atoms with Gasteiger partial charge >= 0.3 is 12.1 Å². The summed E-state index contributed by atoms with van der Waals surface area (Å²) in [6.45, 7) is 0.900. The number of rotatable bonds is 8. The molecule has 0 radical (unpaired) electrons. The highest BCUT2D eigenvalue weighted by molar-refractivity contribution is 5.81. The van der Waals surface area contributed by atoms with E-state index in [0.717, 1.165) is 36.8 Å². The van der Waals surface area contributed by atoms with Gasteiger partial charge in [-0.3, -0.25) is 9.59 Å². The van der Waals surface area contributed by atoms with Crippen LogP contribution in [0.2, 0.25) is 0 Å². The Labute approximate surface area is 199 Å². The predicted molar refractivity (Wildman–Crippen MR) is 126 cm³/mol. The summed E-state index contributed by atoms with van der Waals surface area (Å²) < 4.78 is 5.67. The number of amides is 2. The number of likely N-dealkylation sites (tertiary alicyclic amines) is 1. The molecule has 2 fully saturated rings. The van der Waals surface area contributed by atoms with E-state index in [1.807, 2.05) is 29.2 Å². The monoisotopic (exact) mass is 462 g/mol. The third-order valence-corrected chi connectivity index (χ3v) is 7.44. The molecule has 1 unspecified atom stereocenters. The summed E-state index contributed by atoms with van der Waals surface area (Å²) in [7, 11) is 0. The molecule has 3 aliphatic rings. The highest BCUT2D eigenvalue weighted by Gasteiger charge is 2.48. The highest BCUT2D eigenvalue weighted by atomic mass is 16.5. The van der Waals surface area contributed by atoms with Crippen LogP contribution >= 0.6 is 0 Å². The van der Waals surface area contributed by atoms with E-state index in [1.54, 1.807) is 0 Å². The number of aliphatic carboxylic acids is 1. The zero-order valence-corrected chi connectivity index (χ0v) is 19.2. The molecule has 34 heavy (non-hydrogen) atoms. The third kappa shape index (κ3) is 4.52. The quantitative estimate of drug-likeness (QED) is 0.610. The summed E-state index contributed by atoms with van der Waals surface area (Å²) in [5.74, 6) is -0.853. The molecule has 0 spiro atoms. The molecule has 5 rings (SSSR count). The SMILES string of the molecule is O=C(O)CCC1CCCN1C(=O)CC1(NC(=O)OCC2c3ccccc3-c3ccccc32)CC1. The molecule has 7 nitrogen and oxygen atoms in total. The van der Waals surface area contributed by atoms with Crippen LogP contribution in [0.1, 0.15) is 62.0 Å². The summed E-state index contributed by atoms with van der Waals surface area (Å²) in [5, 5.41) is 11.9. The highest BCUT2D eigenvalue weighted by Crippen LogP contribution is 2.45. The maximum Gasteiger partial charge on any atom is 0.407 e. The second kappa shape index (κ2) is 9.12. The molecule has 0 bridgehead atoms. The Hall–Kier alpha value is -3.35. The molecule has 0 aromatic heterocycles. The van der Waals surface area contributed by atoms with E-state index in [2.05, 4.69) is 29.6 Å². The van der Waals surface area contributed by atoms with Crippen LogP contribution in [0, 0.1) is 0 Å². The molecule has 1 saturated carbocycles. The van der Waals surface area contributed by atoms with Gasteiger partial charge in [0, 0.05) is 24.9 Å². The third-order valence-electron chi connectivity index (χ3n) is 7.44. The number of hydrogen-bond acceptors (Lipinski definition) is 4. The van der Waals surface area contributed by atoms with Crippen molar-refractivity contribution in [3.05, 3.63) is 59.7 Å². The van der Waals surface area contributed by atoms with Gasteiger partial charge in [-0.25, -0.2) is 4.79 Å². The Bertz CT molecular complexity index is 1060. The number of carboxylic acids is 1. The molecule has 1 atom stereocenters. The standard InChI is InChI=1S/C27H30N2O5/c30-24(29-15-5-6-18(29)11-12-25(31)32)16-27(13-14-27)28-26(33)34-17-23-21-9-3-1-7-19(21)20-8-2-4-10-22(20)23/h1-4,7-10,18,23H,5-6,11-17H2,(H,28,33)(H,31,32). The number of benzene rings is 2. The lowest BCUT2D eigenvalue weighted by Gasteiger charge is -2.27. The average Bonchev–Trinajstić information content (AvgIpc) is 3.28. The van der Waals surface area contributed by atoms with Crippen LogP contribution in [-0.2, 0) is 14.3 Å². The Morgan fingerprint density at radius 2 is 1.68 bits per heavy atom. The number of fused-ring (bicyclic) bond motifs is 3. The van der Waals surface area contributed by atoms with Gasteiger partial charge in [-0.1, -0.05) is 48.5 Å². The first-order valence-corrected chi connectivity index (χ1v) is 12.1. The van der Waals surface area contributed by atoms with Crippen molar-refractivity contribution >= 4 is 18.0 Å². The number of carboxylic acid groups (broad SMARTS) is 1. The molecule has 2 aromatic carbocycles. The van der Waals surface area contributed by atoms with Gasteiger partial charge in [0.2, 0.25) is 5.91 Å². The van der Waals surface area contributed by atoms with E-state index in [9.17, 15) is 14.4 Å². The van der Waals surface area contributed by atoms with Crippen molar-refractivity contribution < 1.29 is 24.2 Å². The second-order valence-electron chi connectivity index (χ2n) is 9.72. The number of nitrogens with zero attached hydrogens (tertiary/aromatic N) is 1. The van der Waals surface area contributed by atoms with E-state index in [-0.39, 0.29) is 37.3 Å². The van der Waals surface area contributed by atoms with Gasteiger partial charge in [0.25, 0.3) is 0 Å². The van der Waals surface area contributed by atoms with E-state index in [4.69, 9.17) is 9.84 Å². The lowest BCUT2D eigenvalue weighted by atomic mass is 9.98. The minimum absolute atomic E-state index is 0.00507.